The Morgan fingerprint density at radius 3 is 2.65 bits per heavy atom. The van der Waals surface area contributed by atoms with Crippen molar-refractivity contribution in [1.29, 1.82) is 0 Å². The van der Waals surface area contributed by atoms with Crippen LogP contribution in [-0.4, -0.2) is 34.7 Å². The molecule has 26 heavy (non-hydrogen) atoms. The van der Waals surface area contributed by atoms with Crippen LogP contribution in [-0.2, 0) is 17.6 Å². The molecule has 0 radical (unpaired) electrons. The second-order valence-corrected chi connectivity index (χ2v) is 7.56. The Labute approximate surface area is 155 Å². The summed E-state index contributed by atoms with van der Waals surface area (Å²) in [5.41, 5.74) is 1.86. The lowest BCUT2D eigenvalue weighted by molar-refractivity contribution is -0.133. The molecule has 1 aliphatic carbocycles. The van der Waals surface area contributed by atoms with E-state index >= 15 is 0 Å². The minimum absolute atomic E-state index is 0.0995. The predicted octanol–water partition coefficient (Wildman–Crippen LogP) is 3.49. The van der Waals surface area contributed by atoms with Crippen LogP contribution in [0.3, 0.4) is 0 Å². The summed E-state index contributed by atoms with van der Waals surface area (Å²) in [7, 11) is 0. The number of ketones is 1. The average molecular weight is 356 g/mol. The van der Waals surface area contributed by atoms with Gasteiger partial charge in [-0.1, -0.05) is 45.7 Å². The topological polar surface area (TPSA) is 66.5 Å². The van der Waals surface area contributed by atoms with E-state index in [4.69, 9.17) is 0 Å². The normalized spacial score (nSPS) is 25.7. The maximum Gasteiger partial charge on any atom is 0.325 e. The molecule has 1 saturated heterocycles. The Hall–Kier alpha value is -2.17. The lowest BCUT2D eigenvalue weighted by Crippen LogP contribution is -2.54. The van der Waals surface area contributed by atoms with Gasteiger partial charge in [0.25, 0.3) is 5.91 Å². The Kier molecular flexibility index (Phi) is 5.17. The van der Waals surface area contributed by atoms with Gasteiger partial charge in [0.15, 0.2) is 5.78 Å². The number of carbonyl (C=O) groups is 3. The molecule has 0 unspecified atom stereocenters. The summed E-state index contributed by atoms with van der Waals surface area (Å²) in [5.74, 6) is -0.295. The van der Waals surface area contributed by atoms with Crippen molar-refractivity contribution < 1.29 is 14.4 Å². The van der Waals surface area contributed by atoms with E-state index in [0.717, 1.165) is 48.1 Å². The van der Waals surface area contributed by atoms with Crippen LogP contribution >= 0.6 is 0 Å². The number of Topliss-reactive ketones (excluding diaryl/α,β-unsaturated/α-hetero) is 1. The molecule has 3 amide bonds. The van der Waals surface area contributed by atoms with Gasteiger partial charge in [0.05, 0.1) is 6.54 Å². The average Bonchev–Trinajstić information content (AvgIpc) is 2.88. The summed E-state index contributed by atoms with van der Waals surface area (Å²) in [4.78, 5) is 39.6. The largest absolute Gasteiger partial charge is 0.325 e. The van der Waals surface area contributed by atoms with Crippen molar-refractivity contribution in [3.63, 3.8) is 0 Å². The van der Waals surface area contributed by atoms with E-state index in [1.807, 2.05) is 39.0 Å². The molecule has 2 fully saturated rings. The number of benzene rings is 1. The van der Waals surface area contributed by atoms with E-state index in [1.54, 1.807) is 0 Å². The third-order valence-corrected chi connectivity index (χ3v) is 6.07. The van der Waals surface area contributed by atoms with E-state index in [-0.39, 0.29) is 24.2 Å². The molecule has 0 aromatic heterocycles. The second kappa shape index (κ2) is 7.22. The molecule has 1 aromatic carbocycles. The highest BCUT2D eigenvalue weighted by molar-refractivity contribution is 6.11. The first kappa shape index (κ1) is 18.6. The van der Waals surface area contributed by atoms with Crippen molar-refractivity contribution in [2.45, 2.75) is 64.8 Å². The van der Waals surface area contributed by atoms with Crippen LogP contribution in [0.4, 0.5) is 4.79 Å². The van der Waals surface area contributed by atoms with E-state index < -0.39 is 11.6 Å². The number of aryl methyl sites for hydroxylation is 2. The van der Waals surface area contributed by atoms with Gasteiger partial charge in [-0.3, -0.25) is 14.5 Å². The first-order valence-corrected chi connectivity index (χ1v) is 9.72. The molecule has 1 aliphatic heterocycles. The van der Waals surface area contributed by atoms with E-state index in [2.05, 4.69) is 5.32 Å². The number of nitrogens with zero attached hydrogens (tertiary/aromatic N) is 1. The van der Waals surface area contributed by atoms with Crippen LogP contribution in [0.5, 0.6) is 0 Å². The monoisotopic (exact) mass is 356 g/mol. The summed E-state index contributed by atoms with van der Waals surface area (Å²) in [6, 6.07) is 5.48. The highest BCUT2D eigenvalue weighted by atomic mass is 16.2. The van der Waals surface area contributed by atoms with Crippen molar-refractivity contribution >= 4 is 17.7 Å². The third kappa shape index (κ3) is 3.04. The van der Waals surface area contributed by atoms with Gasteiger partial charge in [0.2, 0.25) is 0 Å². The number of amides is 3. The molecule has 2 atom stereocenters. The van der Waals surface area contributed by atoms with Gasteiger partial charge in [-0.2, -0.15) is 0 Å². The zero-order valence-electron chi connectivity index (χ0n) is 15.9. The standard InChI is InChI=1S/C21H28N2O3/c1-4-15-9-10-16(5-2)17(12-15)18(24)13-23-19(25)21(22-20(23)26)11-7-6-8-14(21)3/h9-10,12,14H,4-8,11,13H2,1-3H3,(H,22,26)/t14-,21-/m1/s1. The number of hydrogen-bond acceptors (Lipinski definition) is 3. The molecule has 1 saturated carbocycles. The summed E-state index contributed by atoms with van der Waals surface area (Å²) in [5, 5.41) is 2.91. The van der Waals surface area contributed by atoms with Gasteiger partial charge in [0, 0.05) is 5.56 Å². The van der Waals surface area contributed by atoms with Crippen LogP contribution < -0.4 is 5.32 Å². The molecular formula is C21H28N2O3. The molecule has 1 N–H and O–H groups in total. The first-order valence-electron chi connectivity index (χ1n) is 9.72. The first-order chi connectivity index (χ1) is 12.4. The molecule has 3 rings (SSSR count). The van der Waals surface area contributed by atoms with E-state index in [0.29, 0.717) is 12.0 Å². The minimum atomic E-state index is -0.811. The fraction of sp³-hybridized carbons (Fsp3) is 0.571. The maximum absolute atomic E-state index is 13.0. The summed E-state index contributed by atoms with van der Waals surface area (Å²) in [6.07, 6.45) is 5.17. The van der Waals surface area contributed by atoms with Gasteiger partial charge in [0.1, 0.15) is 5.54 Å². The number of nitrogens with one attached hydrogen (secondary N) is 1. The molecule has 5 heteroatoms. The fourth-order valence-electron chi connectivity index (χ4n) is 4.28. The highest BCUT2D eigenvalue weighted by Gasteiger charge is 2.55. The molecule has 1 heterocycles. The summed E-state index contributed by atoms with van der Waals surface area (Å²) >= 11 is 0. The number of carbonyl (C=O) groups excluding carboxylic acids is 3. The lowest BCUT2D eigenvalue weighted by Gasteiger charge is -2.36. The number of urea groups is 1. The van der Waals surface area contributed by atoms with Gasteiger partial charge in [-0.05, 0) is 48.8 Å². The molecule has 1 spiro atoms. The van der Waals surface area contributed by atoms with Gasteiger partial charge < -0.3 is 5.32 Å². The second-order valence-electron chi connectivity index (χ2n) is 7.56. The van der Waals surface area contributed by atoms with Crippen molar-refractivity contribution in [2.24, 2.45) is 5.92 Å². The fourth-order valence-corrected chi connectivity index (χ4v) is 4.28. The minimum Gasteiger partial charge on any atom is -0.323 e. The molecule has 140 valence electrons. The zero-order chi connectivity index (χ0) is 18.9. The van der Waals surface area contributed by atoms with Crippen molar-refractivity contribution in [1.82, 2.24) is 10.2 Å². The Bertz CT molecular complexity index is 743. The highest BCUT2D eigenvalue weighted by Crippen LogP contribution is 2.38. The molecule has 2 aliphatic rings. The molecular weight excluding hydrogens is 328 g/mol. The van der Waals surface area contributed by atoms with Crippen LogP contribution in [0.15, 0.2) is 18.2 Å². The third-order valence-electron chi connectivity index (χ3n) is 6.07. The quantitative estimate of drug-likeness (QED) is 0.649. The van der Waals surface area contributed by atoms with Gasteiger partial charge in [-0.25, -0.2) is 4.79 Å². The number of hydrogen-bond donors (Lipinski definition) is 1. The molecule has 1 aromatic rings. The zero-order valence-corrected chi connectivity index (χ0v) is 15.9. The van der Waals surface area contributed by atoms with Gasteiger partial charge >= 0.3 is 6.03 Å². The summed E-state index contributed by atoms with van der Waals surface area (Å²) < 4.78 is 0. The molecule has 5 nitrogen and oxygen atoms in total. The Morgan fingerprint density at radius 1 is 1.23 bits per heavy atom. The summed E-state index contributed by atoms with van der Waals surface area (Å²) in [6.45, 7) is 5.88. The van der Waals surface area contributed by atoms with Crippen molar-refractivity contribution in [3.8, 4) is 0 Å². The van der Waals surface area contributed by atoms with Gasteiger partial charge in [-0.15, -0.1) is 0 Å². The number of imide groups is 1. The van der Waals surface area contributed by atoms with Crippen LogP contribution in [0.1, 0.15) is 67.9 Å². The predicted molar refractivity (Wildman–Crippen MR) is 100 cm³/mol. The number of rotatable bonds is 5. The van der Waals surface area contributed by atoms with Crippen molar-refractivity contribution in [3.05, 3.63) is 34.9 Å². The Balaban J connectivity index is 1.84. The SMILES string of the molecule is CCc1ccc(CC)c(C(=O)CN2C(=O)N[C@@]3(CCCC[C@H]3C)C2=O)c1. The van der Waals surface area contributed by atoms with Crippen LogP contribution in [0.25, 0.3) is 0 Å². The van der Waals surface area contributed by atoms with E-state index in [9.17, 15) is 14.4 Å². The van der Waals surface area contributed by atoms with Crippen molar-refractivity contribution in [2.75, 3.05) is 6.54 Å². The Morgan fingerprint density at radius 2 is 2.00 bits per heavy atom. The van der Waals surface area contributed by atoms with E-state index in [1.165, 1.54) is 0 Å². The van der Waals surface area contributed by atoms with Crippen LogP contribution in [0.2, 0.25) is 0 Å². The van der Waals surface area contributed by atoms with Crippen LogP contribution in [0, 0.1) is 5.92 Å². The lowest BCUT2D eigenvalue weighted by atomic mass is 9.73. The smallest absolute Gasteiger partial charge is 0.323 e. The molecule has 0 bridgehead atoms. The maximum atomic E-state index is 13.0.